The highest BCUT2D eigenvalue weighted by Crippen LogP contribution is 2.27. The molecule has 2 aliphatic heterocycles. The summed E-state index contributed by atoms with van der Waals surface area (Å²) in [6.45, 7) is 7.74. The summed E-state index contributed by atoms with van der Waals surface area (Å²) in [5, 5.41) is 13.3. The molecule has 0 bridgehead atoms. The largest absolute Gasteiger partial charge is 0.504 e. The van der Waals surface area contributed by atoms with Gasteiger partial charge in [-0.25, -0.2) is 0 Å². The maximum atomic E-state index is 9.86. The summed E-state index contributed by atoms with van der Waals surface area (Å²) < 4.78 is 5.09. The van der Waals surface area contributed by atoms with Gasteiger partial charge in [-0.2, -0.15) is 0 Å². The van der Waals surface area contributed by atoms with Crippen LogP contribution in [-0.2, 0) is 6.54 Å². The molecular formula is C16H25N3O2. The summed E-state index contributed by atoms with van der Waals surface area (Å²) in [7, 11) is 1.58. The lowest BCUT2D eigenvalue weighted by molar-refractivity contribution is 0.170. The van der Waals surface area contributed by atoms with Gasteiger partial charge in [-0.1, -0.05) is 6.07 Å². The molecule has 0 radical (unpaired) electrons. The van der Waals surface area contributed by atoms with E-state index in [2.05, 4.69) is 15.1 Å². The van der Waals surface area contributed by atoms with Gasteiger partial charge >= 0.3 is 0 Å². The molecule has 5 heteroatoms. The van der Waals surface area contributed by atoms with Gasteiger partial charge in [-0.3, -0.25) is 9.80 Å². The molecule has 0 spiro atoms. The van der Waals surface area contributed by atoms with Crippen molar-refractivity contribution in [3.05, 3.63) is 23.8 Å². The van der Waals surface area contributed by atoms with Crippen LogP contribution >= 0.6 is 0 Å². The Morgan fingerprint density at radius 2 is 2.10 bits per heavy atom. The van der Waals surface area contributed by atoms with Gasteiger partial charge in [0.25, 0.3) is 0 Å². The lowest BCUT2D eigenvalue weighted by Crippen LogP contribution is -2.49. The standard InChI is InChI=1S/C16H25N3O2/c1-21-16-3-2-13(10-15(16)20)11-18-7-4-14(12-18)19-8-5-17-6-9-19/h2-3,10,14,17,20H,4-9,11-12H2,1H3. The Morgan fingerprint density at radius 1 is 1.29 bits per heavy atom. The number of rotatable bonds is 4. The number of aromatic hydroxyl groups is 1. The van der Waals surface area contributed by atoms with Crippen LogP contribution in [0.4, 0.5) is 0 Å². The maximum Gasteiger partial charge on any atom is 0.160 e. The van der Waals surface area contributed by atoms with E-state index in [1.807, 2.05) is 18.2 Å². The number of nitrogens with one attached hydrogen (secondary N) is 1. The minimum atomic E-state index is 0.229. The maximum absolute atomic E-state index is 9.86. The molecule has 1 unspecified atom stereocenters. The first-order valence-corrected chi connectivity index (χ1v) is 7.79. The molecule has 0 aromatic heterocycles. The SMILES string of the molecule is COc1ccc(CN2CCC(N3CCNCC3)C2)cc1O. The van der Waals surface area contributed by atoms with E-state index < -0.39 is 0 Å². The number of phenolic OH excluding ortho intramolecular Hbond substituents is 1. The highest BCUT2D eigenvalue weighted by atomic mass is 16.5. The number of benzene rings is 1. The van der Waals surface area contributed by atoms with Gasteiger partial charge in [-0.05, 0) is 24.1 Å². The van der Waals surface area contributed by atoms with Crippen molar-refractivity contribution in [1.29, 1.82) is 0 Å². The Kier molecular flexibility index (Phi) is 4.63. The lowest BCUT2D eigenvalue weighted by atomic mass is 10.2. The molecule has 0 aliphatic carbocycles. The van der Waals surface area contributed by atoms with E-state index in [1.54, 1.807) is 7.11 Å². The topological polar surface area (TPSA) is 48.0 Å². The quantitative estimate of drug-likeness (QED) is 0.862. The second kappa shape index (κ2) is 6.64. The number of methoxy groups -OCH3 is 1. The van der Waals surface area contributed by atoms with Crippen molar-refractivity contribution >= 4 is 0 Å². The van der Waals surface area contributed by atoms with Crippen molar-refractivity contribution in [3.63, 3.8) is 0 Å². The third kappa shape index (κ3) is 3.48. The van der Waals surface area contributed by atoms with Crippen LogP contribution in [0.3, 0.4) is 0 Å². The molecule has 21 heavy (non-hydrogen) atoms. The summed E-state index contributed by atoms with van der Waals surface area (Å²) in [5.74, 6) is 0.770. The first-order valence-electron chi connectivity index (χ1n) is 7.79. The molecule has 3 rings (SSSR count). The van der Waals surface area contributed by atoms with E-state index in [-0.39, 0.29) is 5.75 Å². The second-order valence-corrected chi connectivity index (χ2v) is 5.97. The summed E-state index contributed by atoms with van der Waals surface area (Å²) in [4.78, 5) is 5.09. The third-order valence-electron chi connectivity index (χ3n) is 4.56. The zero-order valence-corrected chi connectivity index (χ0v) is 12.7. The van der Waals surface area contributed by atoms with Crippen LogP contribution in [0.5, 0.6) is 11.5 Å². The number of hydrogen-bond acceptors (Lipinski definition) is 5. The van der Waals surface area contributed by atoms with Crippen molar-refractivity contribution < 1.29 is 9.84 Å². The zero-order chi connectivity index (χ0) is 14.7. The van der Waals surface area contributed by atoms with E-state index in [9.17, 15) is 5.11 Å². The fourth-order valence-corrected chi connectivity index (χ4v) is 3.39. The molecule has 1 aromatic rings. The van der Waals surface area contributed by atoms with E-state index in [1.165, 1.54) is 19.5 Å². The smallest absolute Gasteiger partial charge is 0.160 e. The monoisotopic (exact) mass is 291 g/mol. The molecule has 0 saturated carbocycles. The number of likely N-dealkylation sites (tertiary alicyclic amines) is 1. The number of hydrogen-bond donors (Lipinski definition) is 2. The molecule has 116 valence electrons. The Balaban J connectivity index is 1.55. The molecule has 2 heterocycles. The predicted octanol–water partition coefficient (Wildman–Crippen LogP) is 0.880. The van der Waals surface area contributed by atoms with Gasteiger partial charge in [-0.15, -0.1) is 0 Å². The first kappa shape index (κ1) is 14.6. The first-order chi connectivity index (χ1) is 10.3. The van der Waals surface area contributed by atoms with Crippen molar-refractivity contribution in [2.45, 2.75) is 19.0 Å². The number of piperazine rings is 1. The molecule has 1 aromatic carbocycles. The minimum Gasteiger partial charge on any atom is -0.504 e. The van der Waals surface area contributed by atoms with Crippen LogP contribution in [0.1, 0.15) is 12.0 Å². The zero-order valence-electron chi connectivity index (χ0n) is 12.7. The number of phenols is 1. The Hall–Kier alpha value is -1.30. The molecule has 5 nitrogen and oxygen atoms in total. The highest BCUT2D eigenvalue weighted by Gasteiger charge is 2.28. The van der Waals surface area contributed by atoms with Gasteiger partial charge in [0.1, 0.15) is 0 Å². The van der Waals surface area contributed by atoms with E-state index in [4.69, 9.17) is 4.74 Å². The van der Waals surface area contributed by atoms with E-state index in [0.717, 1.165) is 38.3 Å². The number of nitrogens with zero attached hydrogens (tertiary/aromatic N) is 2. The van der Waals surface area contributed by atoms with Crippen molar-refractivity contribution in [2.24, 2.45) is 0 Å². The van der Waals surface area contributed by atoms with Gasteiger partial charge < -0.3 is 15.2 Å². The van der Waals surface area contributed by atoms with Gasteiger partial charge in [0, 0.05) is 51.9 Å². The van der Waals surface area contributed by atoms with Crippen molar-refractivity contribution in [2.75, 3.05) is 46.4 Å². The molecule has 2 fully saturated rings. The molecule has 2 aliphatic rings. The van der Waals surface area contributed by atoms with Crippen LogP contribution in [-0.4, -0.2) is 67.3 Å². The van der Waals surface area contributed by atoms with Crippen LogP contribution in [0, 0.1) is 0 Å². The van der Waals surface area contributed by atoms with Gasteiger partial charge in [0.05, 0.1) is 7.11 Å². The Labute approximate surface area is 126 Å². The van der Waals surface area contributed by atoms with Crippen LogP contribution in [0.25, 0.3) is 0 Å². The second-order valence-electron chi connectivity index (χ2n) is 5.97. The summed E-state index contributed by atoms with van der Waals surface area (Å²) in [5.41, 5.74) is 1.15. The van der Waals surface area contributed by atoms with E-state index >= 15 is 0 Å². The van der Waals surface area contributed by atoms with Crippen molar-refractivity contribution in [1.82, 2.24) is 15.1 Å². The van der Waals surface area contributed by atoms with Gasteiger partial charge in [0.15, 0.2) is 11.5 Å². The number of ether oxygens (including phenoxy) is 1. The van der Waals surface area contributed by atoms with Crippen LogP contribution in [0.15, 0.2) is 18.2 Å². The third-order valence-corrected chi connectivity index (χ3v) is 4.56. The normalized spacial score (nSPS) is 24.3. The fourth-order valence-electron chi connectivity index (χ4n) is 3.39. The fraction of sp³-hybridized carbons (Fsp3) is 0.625. The average molecular weight is 291 g/mol. The Bertz CT molecular complexity index is 475. The summed E-state index contributed by atoms with van der Waals surface area (Å²) in [6, 6.07) is 6.39. The predicted molar refractivity (Wildman–Crippen MR) is 82.8 cm³/mol. The summed E-state index contributed by atoms with van der Waals surface area (Å²) in [6.07, 6.45) is 1.25. The Morgan fingerprint density at radius 3 is 2.81 bits per heavy atom. The van der Waals surface area contributed by atoms with E-state index in [0.29, 0.717) is 11.8 Å². The highest BCUT2D eigenvalue weighted by molar-refractivity contribution is 5.41. The average Bonchev–Trinajstić information content (AvgIpc) is 2.97. The van der Waals surface area contributed by atoms with Gasteiger partial charge in [0.2, 0.25) is 0 Å². The minimum absolute atomic E-state index is 0.229. The molecule has 2 N–H and O–H groups in total. The molecular weight excluding hydrogens is 266 g/mol. The van der Waals surface area contributed by atoms with Crippen LogP contribution < -0.4 is 10.1 Å². The van der Waals surface area contributed by atoms with Crippen LogP contribution in [0.2, 0.25) is 0 Å². The van der Waals surface area contributed by atoms with Crippen molar-refractivity contribution in [3.8, 4) is 11.5 Å². The molecule has 2 saturated heterocycles. The summed E-state index contributed by atoms with van der Waals surface area (Å²) >= 11 is 0. The molecule has 1 atom stereocenters. The lowest BCUT2D eigenvalue weighted by Gasteiger charge is -2.32. The molecule has 0 amide bonds.